The highest BCUT2D eigenvalue weighted by Crippen LogP contribution is 2.32. The van der Waals surface area contributed by atoms with Crippen molar-refractivity contribution >= 4 is 0 Å². The number of rotatable bonds is 3. The zero-order chi connectivity index (χ0) is 12.3. The van der Waals surface area contributed by atoms with Crippen LogP contribution in [0.15, 0.2) is 30.9 Å². The fraction of sp³-hybridized carbons (Fsp3) is 0.273. The fourth-order valence-corrected chi connectivity index (χ4v) is 1.26. The minimum Gasteiger partial charge on any atom is -0.388 e. The van der Waals surface area contributed by atoms with Crippen molar-refractivity contribution in [3.63, 3.8) is 0 Å². The van der Waals surface area contributed by atoms with Gasteiger partial charge in [0.05, 0.1) is 11.7 Å². The van der Waals surface area contributed by atoms with Gasteiger partial charge >= 0.3 is 6.18 Å². The summed E-state index contributed by atoms with van der Waals surface area (Å²) in [6.45, 7) is 3.34. The third kappa shape index (κ3) is 3.06. The molecule has 0 bridgehead atoms. The summed E-state index contributed by atoms with van der Waals surface area (Å²) < 4.78 is 49.9. The normalized spacial score (nSPS) is 13.6. The molecule has 0 fully saturated rings. The predicted molar refractivity (Wildman–Crippen MR) is 51.2 cm³/mol. The minimum absolute atomic E-state index is 0.0702. The number of benzene rings is 1. The van der Waals surface area contributed by atoms with Gasteiger partial charge in [0.1, 0.15) is 5.82 Å². The first kappa shape index (κ1) is 12.7. The number of halogens is 4. The molecule has 0 aliphatic heterocycles. The van der Waals surface area contributed by atoms with Gasteiger partial charge in [-0.3, -0.25) is 0 Å². The predicted octanol–water partition coefficient (Wildman–Crippen LogP) is 3.45. The van der Waals surface area contributed by atoms with E-state index in [1.807, 2.05) is 0 Å². The lowest BCUT2D eigenvalue weighted by atomic mass is 10.0. The highest BCUT2D eigenvalue weighted by atomic mass is 19.4. The largest absolute Gasteiger partial charge is 0.416 e. The maximum Gasteiger partial charge on any atom is 0.416 e. The van der Waals surface area contributed by atoms with Gasteiger partial charge in [0.25, 0.3) is 0 Å². The number of alkyl halides is 3. The molecule has 0 radical (unpaired) electrons. The molecule has 0 heterocycles. The molecule has 1 aromatic carbocycles. The monoisotopic (exact) mass is 234 g/mol. The third-order valence-corrected chi connectivity index (χ3v) is 2.02. The number of aliphatic hydroxyl groups excluding tert-OH is 1. The molecule has 1 rings (SSSR count). The average Bonchev–Trinajstić information content (AvgIpc) is 2.16. The van der Waals surface area contributed by atoms with Crippen LogP contribution in [0.4, 0.5) is 17.6 Å². The van der Waals surface area contributed by atoms with Gasteiger partial charge in [-0.2, -0.15) is 13.2 Å². The first-order chi connectivity index (χ1) is 7.34. The van der Waals surface area contributed by atoms with Crippen molar-refractivity contribution in [2.45, 2.75) is 18.7 Å². The zero-order valence-electron chi connectivity index (χ0n) is 8.26. The van der Waals surface area contributed by atoms with Gasteiger partial charge in [0.2, 0.25) is 0 Å². The molecule has 0 aliphatic carbocycles. The van der Waals surface area contributed by atoms with Gasteiger partial charge in [-0.25, -0.2) is 4.39 Å². The molecule has 0 spiro atoms. The second kappa shape index (κ2) is 4.65. The Hall–Kier alpha value is -1.36. The van der Waals surface area contributed by atoms with Gasteiger partial charge in [-0.05, 0) is 30.2 Å². The van der Waals surface area contributed by atoms with E-state index in [2.05, 4.69) is 6.58 Å². The minimum atomic E-state index is -4.62. The Balaban J connectivity index is 3.12. The van der Waals surface area contributed by atoms with Crippen LogP contribution in [-0.2, 0) is 6.18 Å². The number of aliphatic hydroxyl groups is 1. The molecule has 1 aromatic rings. The number of hydrogen-bond donors (Lipinski definition) is 1. The summed E-state index contributed by atoms with van der Waals surface area (Å²) in [5.74, 6) is -1.02. The summed E-state index contributed by atoms with van der Waals surface area (Å²) in [4.78, 5) is 0. The van der Waals surface area contributed by atoms with Crippen LogP contribution >= 0.6 is 0 Å². The molecule has 0 aliphatic rings. The van der Waals surface area contributed by atoms with Crippen LogP contribution in [0.25, 0.3) is 0 Å². The Kier molecular flexibility index (Phi) is 3.70. The van der Waals surface area contributed by atoms with Crippen LogP contribution in [0.3, 0.4) is 0 Å². The van der Waals surface area contributed by atoms with Crippen molar-refractivity contribution in [2.24, 2.45) is 0 Å². The molecular formula is C11H10F4O. The van der Waals surface area contributed by atoms with Crippen LogP contribution in [0, 0.1) is 5.82 Å². The van der Waals surface area contributed by atoms with E-state index < -0.39 is 23.7 Å². The van der Waals surface area contributed by atoms with E-state index in [0.717, 1.165) is 12.1 Å². The quantitative estimate of drug-likeness (QED) is 0.627. The molecular weight excluding hydrogens is 224 g/mol. The maximum absolute atomic E-state index is 12.9. The van der Waals surface area contributed by atoms with E-state index in [0.29, 0.717) is 6.07 Å². The van der Waals surface area contributed by atoms with E-state index >= 15 is 0 Å². The van der Waals surface area contributed by atoms with Crippen molar-refractivity contribution in [1.29, 1.82) is 0 Å². The van der Waals surface area contributed by atoms with Crippen LogP contribution in [0.2, 0.25) is 0 Å². The summed E-state index contributed by atoms with van der Waals surface area (Å²) in [6.07, 6.45) is -4.37. The Morgan fingerprint density at radius 1 is 1.31 bits per heavy atom. The summed E-state index contributed by atoms with van der Waals surface area (Å²) in [7, 11) is 0. The summed E-state index contributed by atoms with van der Waals surface area (Å²) >= 11 is 0. The lowest BCUT2D eigenvalue weighted by Crippen LogP contribution is -2.07. The van der Waals surface area contributed by atoms with Crippen molar-refractivity contribution in [2.75, 3.05) is 0 Å². The fourth-order valence-electron chi connectivity index (χ4n) is 1.26. The van der Waals surface area contributed by atoms with Crippen molar-refractivity contribution < 1.29 is 22.7 Å². The van der Waals surface area contributed by atoms with Crippen molar-refractivity contribution in [1.82, 2.24) is 0 Å². The molecule has 0 saturated heterocycles. The molecule has 5 heteroatoms. The van der Waals surface area contributed by atoms with Crippen molar-refractivity contribution in [3.8, 4) is 0 Å². The van der Waals surface area contributed by atoms with E-state index in [-0.39, 0.29) is 12.0 Å². The van der Waals surface area contributed by atoms with E-state index in [1.54, 1.807) is 0 Å². The zero-order valence-corrected chi connectivity index (χ0v) is 8.26. The Bertz CT molecular complexity index is 384. The van der Waals surface area contributed by atoms with Gasteiger partial charge in [-0.15, -0.1) is 6.58 Å². The van der Waals surface area contributed by atoms with Crippen LogP contribution in [0.5, 0.6) is 0 Å². The smallest absolute Gasteiger partial charge is 0.388 e. The Morgan fingerprint density at radius 3 is 2.44 bits per heavy atom. The van der Waals surface area contributed by atoms with Gasteiger partial charge in [-0.1, -0.05) is 6.08 Å². The highest BCUT2D eigenvalue weighted by Gasteiger charge is 2.31. The van der Waals surface area contributed by atoms with Gasteiger partial charge < -0.3 is 5.11 Å². The van der Waals surface area contributed by atoms with Crippen LogP contribution in [0.1, 0.15) is 23.7 Å². The topological polar surface area (TPSA) is 20.2 Å². The number of hydrogen-bond acceptors (Lipinski definition) is 1. The highest BCUT2D eigenvalue weighted by molar-refractivity contribution is 5.28. The second-order valence-electron chi connectivity index (χ2n) is 3.31. The molecule has 16 heavy (non-hydrogen) atoms. The first-order valence-electron chi connectivity index (χ1n) is 4.51. The van der Waals surface area contributed by atoms with E-state index in [9.17, 15) is 22.7 Å². The standard InChI is InChI=1S/C11H10F4O/c1-2-3-10(16)7-4-8(11(13,14)15)6-9(12)5-7/h2,4-6,10,16H,1,3H2. The van der Waals surface area contributed by atoms with E-state index in [1.165, 1.54) is 6.08 Å². The molecule has 1 N–H and O–H groups in total. The molecule has 0 saturated carbocycles. The summed E-state index contributed by atoms with van der Waals surface area (Å²) in [5.41, 5.74) is -1.21. The molecule has 1 nitrogen and oxygen atoms in total. The second-order valence-corrected chi connectivity index (χ2v) is 3.31. The van der Waals surface area contributed by atoms with Gasteiger partial charge in [0, 0.05) is 0 Å². The van der Waals surface area contributed by atoms with E-state index in [4.69, 9.17) is 0 Å². The Labute approximate surface area is 90.0 Å². The summed E-state index contributed by atoms with van der Waals surface area (Å²) in [5, 5.41) is 9.43. The van der Waals surface area contributed by atoms with Crippen LogP contribution < -0.4 is 0 Å². The molecule has 1 atom stereocenters. The first-order valence-corrected chi connectivity index (χ1v) is 4.51. The summed E-state index contributed by atoms with van der Waals surface area (Å²) in [6, 6.07) is 2.00. The molecule has 88 valence electrons. The van der Waals surface area contributed by atoms with Gasteiger partial charge in [0.15, 0.2) is 0 Å². The van der Waals surface area contributed by atoms with Crippen molar-refractivity contribution in [3.05, 3.63) is 47.8 Å². The molecule has 0 amide bonds. The average molecular weight is 234 g/mol. The lowest BCUT2D eigenvalue weighted by molar-refractivity contribution is -0.137. The maximum atomic E-state index is 12.9. The third-order valence-electron chi connectivity index (χ3n) is 2.02. The molecule has 0 aromatic heterocycles. The SMILES string of the molecule is C=CCC(O)c1cc(F)cc(C(F)(F)F)c1. The van der Waals surface area contributed by atoms with Crippen LogP contribution in [-0.4, -0.2) is 5.11 Å². The molecule has 1 unspecified atom stereocenters. The lowest BCUT2D eigenvalue weighted by Gasteiger charge is -2.12. The Morgan fingerprint density at radius 2 is 1.94 bits per heavy atom.